The van der Waals surface area contributed by atoms with Crippen LogP contribution in [0, 0.1) is 11.8 Å². The molecule has 1 aromatic carbocycles. The number of allylic oxidation sites excluding steroid dienone is 6. The van der Waals surface area contributed by atoms with Crippen LogP contribution < -0.4 is 16.3 Å². The molecule has 2 aromatic rings. The van der Waals surface area contributed by atoms with Crippen LogP contribution in [-0.2, 0) is 0 Å². The maximum Gasteiger partial charge on any atom is 0.336 e. The maximum absolute atomic E-state index is 12.3. The van der Waals surface area contributed by atoms with Crippen molar-refractivity contribution in [1.29, 1.82) is 0 Å². The number of hydrogen-bond donors (Lipinski definition) is 0. The van der Waals surface area contributed by atoms with Crippen LogP contribution in [0.25, 0.3) is 12.2 Å². The van der Waals surface area contributed by atoms with Gasteiger partial charge in [0.15, 0.2) is 11.6 Å². The molecule has 4 aliphatic carbocycles. The number of carbonyl (C=O) groups is 2. The van der Waals surface area contributed by atoms with Crippen LogP contribution in [-0.4, -0.2) is 11.6 Å². The maximum atomic E-state index is 12.3. The molecule has 31 heavy (non-hydrogen) atoms. The third-order valence-corrected chi connectivity index (χ3v) is 5.58. The number of rotatable bonds is 0. The highest BCUT2D eigenvalue weighted by atomic mass is 16.4. The van der Waals surface area contributed by atoms with Gasteiger partial charge in [0.1, 0.15) is 5.42 Å². The molecule has 1 heterocycles. The first kappa shape index (κ1) is 20.7. The molecule has 0 N–H and O–H groups in total. The van der Waals surface area contributed by atoms with Crippen molar-refractivity contribution in [2.24, 2.45) is 11.8 Å². The second kappa shape index (κ2) is 8.68. The lowest BCUT2D eigenvalue weighted by molar-refractivity contribution is 0.0980. The van der Waals surface area contributed by atoms with Gasteiger partial charge < -0.3 is 4.42 Å². The van der Waals surface area contributed by atoms with Gasteiger partial charge in [-0.3, -0.25) is 9.59 Å². The molecule has 0 radical (unpaired) electrons. The fraction of sp³-hybridized carbons (Fsp3) is 0.222. The molecule has 1 aromatic heterocycles. The van der Waals surface area contributed by atoms with Gasteiger partial charge in [-0.2, -0.15) is 0 Å². The SMILES string of the molecule is CC.O=C1C2=C(C=CCC=C2)C(=O)c2ccccc21.O=c1ccc2c(o1)=CC1CC1C=2. The summed E-state index contributed by atoms with van der Waals surface area (Å²) in [6, 6.07) is 10.3. The summed E-state index contributed by atoms with van der Waals surface area (Å²) < 4.78 is 5.05. The van der Waals surface area contributed by atoms with E-state index in [9.17, 15) is 14.4 Å². The summed E-state index contributed by atoms with van der Waals surface area (Å²) in [4.78, 5) is 35.4. The van der Waals surface area contributed by atoms with Crippen LogP contribution in [0.15, 0.2) is 81.1 Å². The molecular formula is C27H24O4. The molecule has 6 rings (SSSR count). The first-order valence-electron chi connectivity index (χ1n) is 10.7. The summed E-state index contributed by atoms with van der Waals surface area (Å²) in [5, 5.41) is 1.08. The van der Waals surface area contributed by atoms with E-state index in [0.29, 0.717) is 34.1 Å². The van der Waals surface area contributed by atoms with Crippen LogP contribution in [0.4, 0.5) is 0 Å². The quantitative estimate of drug-likeness (QED) is 0.661. The van der Waals surface area contributed by atoms with E-state index in [4.69, 9.17) is 4.42 Å². The predicted octanol–water partition coefficient (Wildman–Crippen LogP) is 3.76. The van der Waals surface area contributed by atoms with E-state index < -0.39 is 0 Å². The average molecular weight is 412 g/mol. The molecule has 1 saturated carbocycles. The molecule has 156 valence electrons. The van der Waals surface area contributed by atoms with Gasteiger partial charge in [0.05, 0.1) is 0 Å². The van der Waals surface area contributed by atoms with Crippen molar-refractivity contribution in [3.8, 4) is 0 Å². The number of fused-ring (bicyclic) bond motifs is 3. The zero-order valence-electron chi connectivity index (χ0n) is 17.6. The van der Waals surface area contributed by atoms with E-state index in [1.54, 1.807) is 36.4 Å². The van der Waals surface area contributed by atoms with Gasteiger partial charge in [-0.1, -0.05) is 68.5 Å². The van der Waals surface area contributed by atoms with E-state index in [1.165, 1.54) is 12.5 Å². The Hall–Kier alpha value is -3.53. The topological polar surface area (TPSA) is 64.3 Å². The number of carbonyl (C=O) groups excluding carboxylic acids is 2. The van der Waals surface area contributed by atoms with Gasteiger partial charge in [-0.05, 0) is 36.8 Å². The lowest BCUT2D eigenvalue weighted by Gasteiger charge is -2.16. The summed E-state index contributed by atoms with van der Waals surface area (Å²) in [5.74, 6) is 1.24. The third kappa shape index (κ3) is 4.06. The molecule has 0 amide bonds. The molecule has 0 bridgehead atoms. The van der Waals surface area contributed by atoms with Crippen molar-refractivity contribution in [2.45, 2.75) is 26.7 Å². The molecule has 0 aliphatic heterocycles. The Bertz CT molecular complexity index is 1260. The number of Topliss-reactive ketones (excluding diaryl/α,β-unsaturated/α-hetero) is 2. The average Bonchev–Trinajstić information content (AvgIpc) is 3.60. The van der Waals surface area contributed by atoms with Crippen LogP contribution >= 0.6 is 0 Å². The fourth-order valence-electron chi connectivity index (χ4n) is 3.95. The Morgan fingerprint density at radius 3 is 1.97 bits per heavy atom. The fourth-order valence-corrected chi connectivity index (χ4v) is 3.95. The van der Waals surface area contributed by atoms with Crippen molar-refractivity contribution < 1.29 is 14.0 Å². The summed E-state index contributed by atoms with van der Waals surface area (Å²) in [6.45, 7) is 4.00. The molecule has 4 heteroatoms. The van der Waals surface area contributed by atoms with Gasteiger partial charge in [0, 0.05) is 33.6 Å². The molecule has 1 fully saturated rings. The molecular weight excluding hydrogens is 388 g/mol. The smallest absolute Gasteiger partial charge is 0.336 e. The van der Waals surface area contributed by atoms with Gasteiger partial charge >= 0.3 is 5.63 Å². The number of hydrogen-bond acceptors (Lipinski definition) is 4. The van der Waals surface area contributed by atoms with Crippen molar-refractivity contribution in [3.05, 3.63) is 104 Å². The summed E-state index contributed by atoms with van der Waals surface area (Å²) in [6.07, 6.45) is 13.6. The third-order valence-electron chi connectivity index (χ3n) is 5.58. The van der Waals surface area contributed by atoms with Crippen LogP contribution in [0.1, 0.15) is 47.4 Å². The molecule has 4 aliphatic rings. The molecule has 0 saturated heterocycles. The number of benzene rings is 1. The normalized spacial score (nSPS) is 21.4. The second-order valence-electron chi connectivity index (χ2n) is 7.54. The Kier molecular flexibility index (Phi) is 5.81. The van der Waals surface area contributed by atoms with Crippen LogP contribution in [0.2, 0.25) is 0 Å². The van der Waals surface area contributed by atoms with Crippen molar-refractivity contribution in [1.82, 2.24) is 0 Å². The van der Waals surface area contributed by atoms with Gasteiger partial charge in [0.25, 0.3) is 0 Å². The highest BCUT2D eigenvalue weighted by molar-refractivity contribution is 6.29. The minimum atomic E-state index is -0.252. The zero-order valence-corrected chi connectivity index (χ0v) is 17.6. The Morgan fingerprint density at radius 1 is 0.774 bits per heavy atom. The van der Waals surface area contributed by atoms with Crippen molar-refractivity contribution in [3.63, 3.8) is 0 Å². The standard InChI is InChI=1S/C15H10O2.C10H8O2.C2H6/c16-14-10-6-2-1-3-7-11(10)15(17)13-9-5-4-8-12(13)14;11-10-2-1-6-3-7-4-8(7)5-9(6)12-10;1-2/h2-9H,1H2;1-3,5,7-8H,4H2;1-2H3. The monoisotopic (exact) mass is 412 g/mol. The zero-order chi connectivity index (χ0) is 22.0. The highest BCUT2D eigenvalue weighted by Crippen LogP contribution is 2.41. The largest absolute Gasteiger partial charge is 0.423 e. The molecule has 4 nitrogen and oxygen atoms in total. The summed E-state index contributed by atoms with van der Waals surface area (Å²) in [7, 11) is 0. The van der Waals surface area contributed by atoms with E-state index >= 15 is 0 Å². The van der Waals surface area contributed by atoms with E-state index in [0.717, 1.165) is 17.1 Å². The minimum absolute atomic E-state index is 0.0574. The van der Waals surface area contributed by atoms with Crippen molar-refractivity contribution in [2.75, 3.05) is 0 Å². The number of ketones is 2. The molecule has 2 unspecified atom stereocenters. The Labute approximate surface area is 180 Å². The van der Waals surface area contributed by atoms with Gasteiger partial charge in [-0.25, -0.2) is 4.79 Å². The lowest BCUT2D eigenvalue weighted by atomic mass is 9.84. The Morgan fingerprint density at radius 2 is 1.35 bits per heavy atom. The molecule has 0 spiro atoms. The lowest BCUT2D eigenvalue weighted by Crippen LogP contribution is -2.30. The van der Waals surface area contributed by atoms with Crippen molar-refractivity contribution >= 4 is 23.7 Å². The first-order chi connectivity index (χ1) is 15.1. The second-order valence-corrected chi connectivity index (χ2v) is 7.54. The summed E-state index contributed by atoms with van der Waals surface area (Å²) >= 11 is 0. The van der Waals surface area contributed by atoms with Gasteiger partial charge in [-0.15, -0.1) is 0 Å². The van der Waals surface area contributed by atoms with Crippen LogP contribution in [0.3, 0.4) is 0 Å². The first-order valence-corrected chi connectivity index (χ1v) is 10.7. The molecule has 2 atom stereocenters. The van der Waals surface area contributed by atoms with Gasteiger partial charge in [0.2, 0.25) is 0 Å². The minimum Gasteiger partial charge on any atom is -0.423 e. The van der Waals surface area contributed by atoms with Crippen LogP contribution in [0.5, 0.6) is 0 Å². The summed E-state index contributed by atoms with van der Waals surface area (Å²) in [5.41, 5.74) is 2.57. The van der Waals surface area contributed by atoms with E-state index in [1.807, 2.05) is 32.1 Å². The Balaban J connectivity index is 0.000000145. The predicted molar refractivity (Wildman–Crippen MR) is 121 cm³/mol. The van der Waals surface area contributed by atoms with E-state index in [-0.39, 0.29) is 17.2 Å². The highest BCUT2D eigenvalue weighted by Gasteiger charge is 2.35. The van der Waals surface area contributed by atoms with E-state index in [2.05, 4.69) is 12.2 Å².